The van der Waals surface area contributed by atoms with Crippen molar-refractivity contribution in [1.82, 2.24) is 4.31 Å². The van der Waals surface area contributed by atoms with Crippen LogP contribution in [0.5, 0.6) is 0 Å². The van der Waals surface area contributed by atoms with Crippen molar-refractivity contribution >= 4 is 10.0 Å². The van der Waals surface area contributed by atoms with Gasteiger partial charge >= 0.3 is 0 Å². The van der Waals surface area contributed by atoms with Crippen LogP contribution in [0.15, 0.2) is 29.2 Å². The molecule has 0 bridgehead atoms. The lowest BCUT2D eigenvalue weighted by Gasteiger charge is -2.31. The van der Waals surface area contributed by atoms with E-state index in [1.54, 1.807) is 22.5 Å². The van der Waals surface area contributed by atoms with Crippen molar-refractivity contribution in [2.75, 3.05) is 13.1 Å². The van der Waals surface area contributed by atoms with E-state index in [0.29, 0.717) is 30.4 Å². The van der Waals surface area contributed by atoms with Crippen molar-refractivity contribution in [3.63, 3.8) is 0 Å². The van der Waals surface area contributed by atoms with Crippen LogP contribution in [-0.2, 0) is 16.6 Å². The Balaban J connectivity index is 2.25. The van der Waals surface area contributed by atoms with Crippen LogP contribution in [0.1, 0.15) is 31.7 Å². The molecule has 19 heavy (non-hydrogen) atoms. The molecule has 1 aromatic rings. The van der Waals surface area contributed by atoms with E-state index in [-0.39, 0.29) is 0 Å². The molecule has 0 aromatic heterocycles. The van der Waals surface area contributed by atoms with E-state index in [2.05, 4.69) is 6.92 Å². The van der Waals surface area contributed by atoms with Gasteiger partial charge < -0.3 is 5.73 Å². The van der Waals surface area contributed by atoms with Gasteiger partial charge in [-0.3, -0.25) is 0 Å². The molecule has 5 heteroatoms. The third kappa shape index (κ3) is 3.16. The Labute approximate surface area is 115 Å². The van der Waals surface area contributed by atoms with Crippen LogP contribution in [0, 0.1) is 5.92 Å². The highest BCUT2D eigenvalue weighted by Gasteiger charge is 2.29. The molecule has 1 fully saturated rings. The zero-order chi connectivity index (χ0) is 13.9. The average molecular weight is 282 g/mol. The molecule has 1 saturated heterocycles. The van der Waals surface area contributed by atoms with Gasteiger partial charge in [0.2, 0.25) is 10.0 Å². The van der Waals surface area contributed by atoms with Crippen molar-refractivity contribution in [1.29, 1.82) is 0 Å². The maximum Gasteiger partial charge on any atom is 0.243 e. The third-order valence-electron chi connectivity index (χ3n) is 3.83. The van der Waals surface area contributed by atoms with Gasteiger partial charge in [0.15, 0.2) is 0 Å². The van der Waals surface area contributed by atoms with Crippen LogP contribution >= 0.6 is 0 Å². The summed E-state index contributed by atoms with van der Waals surface area (Å²) >= 11 is 0. The molecule has 1 aromatic carbocycles. The van der Waals surface area contributed by atoms with Crippen molar-refractivity contribution in [2.24, 2.45) is 11.7 Å². The summed E-state index contributed by atoms with van der Waals surface area (Å²) in [5.74, 6) is 0.487. The normalized spacial score (nSPS) is 21.5. The number of piperidine rings is 1. The number of rotatable bonds is 4. The Morgan fingerprint density at radius 2 is 2.21 bits per heavy atom. The first-order valence-electron chi connectivity index (χ1n) is 6.87. The van der Waals surface area contributed by atoms with Gasteiger partial charge in [-0.1, -0.05) is 25.5 Å². The van der Waals surface area contributed by atoms with E-state index in [9.17, 15) is 8.42 Å². The van der Waals surface area contributed by atoms with Gasteiger partial charge in [0.05, 0.1) is 4.90 Å². The van der Waals surface area contributed by atoms with Crippen LogP contribution in [0.25, 0.3) is 0 Å². The Bertz CT molecular complexity index is 528. The van der Waals surface area contributed by atoms with Gasteiger partial charge in [0.1, 0.15) is 0 Å². The van der Waals surface area contributed by atoms with Crippen LogP contribution < -0.4 is 5.73 Å². The second-order valence-corrected chi connectivity index (χ2v) is 7.07. The van der Waals surface area contributed by atoms with Gasteiger partial charge in [-0.2, -0.15) is 4.31 Å². The largest absolute Gasteiger partial charge is 0.326 e. The number of hydrogen-bond acceptors (Lipinski definition) is 3. The topological polar surface area (TPSA) is 63.4 Å². The first-order valence-corrected chi connectivity index (χ1v) is 8.31. The first-order chi connectivity index (χ1) is 9.07. The smallest absolute Gasteiger partial charge is 0.243 e. The van der Waals surface area contributed by atoms with Crippen molar-refractivity contribution < 1.29 is 8.42 Å². The summed E-state index contributed by atoms with van der Waals surface area (Å²) in [5.41, 5.74) is 6.43. The second kappa shape index (κ2) is 6.03. The van der Waals surface area contributed by atoms with E-state index < -0.39 is 10.0 Å². The number of hydrogen-bond donors (Lipinski definition) is 1. The molecular weight excluding hydrogens is 260 g/mol. The first kappa shape index (κ1) is 14.5. The molecule has 1 unspecified atom stereocenters. The number of sulfonamides is 1. The summed E-state index contributed by atoms with van der Waals surface area (Å²) in [6.07, 6.45) is 3.12. The lowest BCUT2D eigenvalue weighted by Crippen LogP contribution is -2.39. The van der Waals surface area contributed by atoms with E-state index in [0.717, 1.165) is 24.8 Å². The van der Waals surface area contributed by atoms with Crippen molar-refractivity contribution in [3.05, 3.63) is 29.8 Å². The van der Waals surface area contributed by atoms with Crippen LogP contribution in [0.3, 0.4) is 0 Å². The highest BCUT2D eigenvalue weighted by molar-refractivity contribution is 7.89. The SMILES string of the molecule is CCC1CCCN(S(=O)(=O)c2cccc(CN)c2)C1. The van der Waals surface area contributed by atoms with E-state index in [1.165, 1.54) is 0 Å². The fourth-order valence-corrected chi connectivity index (χ4v) is 4.19. The second-order valence-electron chi connectivity index (χ2n) is 5.13. The molecule has 0 aliphatic carbocycles. The summed E-state index contributed by atoms with van der Waals surface area (Å²) in [6, 6.07) is 6.95. The predicted molar refractivity (Wildman–Crippen MR) is 76.1 cm³/mol. The highest BCUT2D eigenvalue weighted by Crippen LogP contribution is 2.25. The monoisotopic (exact) mass is 282 g/mol. The fraction of sp³-hybridized carbons (Fsp3) is 0.571. The third-order valence-corrected chi connectivity index (χ3v) is 5.69. The van der Waals surface area contributed by atoms with Gasteiger partial charge in [-0.15, -0.1) is 0 Å². The fourth-order valence-electron chi connectivity index (χ4n) is 2.56. The molecule has 4 nitrogen and oxygen atoms in total. The maximum absolute atomic E-state index is 12.6. The minimum atomic E-state index is -3.36. The quantitative estimate of drug-likeness (QED) is 0.918. The molecule has 0 saturated carbocycles. The van der Waals surface area contributed by atoms with Crippen LogP contribution in [0.2, 0.25) is 0 Å². The number of nitrogens with two attached hydrogens (primary N) is 1. The molecule has 0 radical (unpaired) electrons. The Hall–Kier alpha value is -0.910. The van der Waals surface area contributed by atoms with Gasteiger partial charge in [-0.05, 0) is 36.5 Å². The van der Waals surface area contributed by atoms with E-state index in [4.69, 9.17) is 5.73 Å². The molecule has 2 rings (SSSR count). The molecule has 2 N–H and O–H groups in total. The summed E-state index contributed by atoms with van der Waals surface area (Å²) < 4.78 is 26.8. The maximum atomic E-state index is 12.6. The van der Waals surface area contributed by atoms with E-state index >= 15 is 0 Å². The van der Waals surface area contributed by atoms with Crippen molar-refractivity contribution in [2.45, 2.75) is 37.6 Å². The molecular formula is C14H22N2O2S. The molecule has 1 atom stereocenters. The summed E-state index contributed by atoms with van der Waals surface area (Å²) in [7, 11) is -3.36. The molecule has 0 spiro atoms. The minimum Gasteiger partial charge on any atom is -0.326 e. The van der Waals surface area contributed by atoms with Crippen molar-refractivity contribution in [3.8, 4) is 0 Å². The van der Waals surface area contributed by atoms with Gasteiger partial charge in [-0.25, -0.2) is 8.42 Å². The average Bonchev–Trinajstić information content (AvgIpc) is 2.47. The molecule has 1 heterocycles. The summed E-state index contributed by atoms with van der Waals surface area (Å²) in [4.78, 5) is 0.368. The molecule has 0 amide bonds. The van der Waals surface area contributed by atoms with E-state index in [1.807, 2.05) is 6.07 Å². The Kier molecular flexibility index (Phi) is 4.60. The lowest BCUT2D eigenvalue weighted by atomic mass is 9.97. The van der Waals surface area contributed by atoms with Gasteiger partial charge in [0.25, 0.3) is 0 Å². The molecule has 106 valence electrons. The number of benzene rings is 1. The zero-order valence-corrected chi connectivity index (χ0v) is 12.2. The Morgan fingerprint density at radius 1 is 1.42 bits per heavy atom. The number of nitrogens with zero attached hydrogens (tertiary/aromatic N) is 1. The molecule has 1 aliphatic heterocycles. The summed E-state index contributed by atoms with van der Waals surface area (Å²) in [5, 5.41) is 0. The predicted octanol–water partition coefficient (Wildman–Crippen LogP) is 1.96. The minimum absolute atomic E-state index is 0.362. The lowest BCUT2D eigenvalue weighted by molar-refractivity contribution is 0.261. The standard InChI is InChI=1S/C14H22N2O2S/c1-2-12-6-4-8-16(11-12)19(17,18)14-7-3-5-13(9-14)10-15/h3,5,7,9,12H,2,4,6,8,10-11,15H2,1H3. The summed E-state index contributed by atoms with van der Waals surface area (Å²) in [6.45, 7) is 3.76. The van der Waals surface area contributed by atoms with Crippen LogP contribution in [-0.4, -0.2) is 25.8 Å². The Morgan fingerprint density at radius 3 is 2.89 bits per heavy atom. The van der Waals surface area contributed by atoms with Crippen LogP contribution in [0.4, 0.5) is 0 Å². The van der Waals surface area contributed by atoms with Gasteiger partial charge in [0, 0.05) is 19.6 Å². The molecule has 1 aliphatic rings. The highest BCUT2D eigenvalue weighted by atomic mass is 32.2. The zero-order valence-electron chi connectivity index (χ0n) is 11.4.